The minimum atomic E-state index is -0.169. The van der Waals surface area contributed by atoms with E-state index in [-0.39, 0.29) is 5.60 Å². The van der Waals surface area contributed by atoms with Crippen molar-refractivity contribution < 1.29 is 14.8 Å². The highest BCUT2D eigenvalue weighted by molar-refractivity contribution is 4.76. The summed E-state index contributed by atoms with van der Waals surface area (Å²) in [4.78, 5) is 10.4. The van der Waals surface area contributed by atoms with Gasteiger partial charge in [-0.1, -0.05) is 77.2 Å². The van der Waals surface area contributed by atoms with Crippen LogP contribution in [0.2, 0.25) is 0 Å². The van der Waals surface area contributed by atoms with Crippen LogP contribution in [0.3, 0.4) is 0 Å². The van der Waals surface area contributed by atoms with E-state index in [1.165, 1.54) is 51.4 Å². The normalized spacial score (nSPS) is 12.0. The molecule has 0 heterocycles. The van der Waals surface area contributed by atoms with Crippen molar-refractivity contribution in [3.8, 4) is 0 Å². The predicted octanol–water partition coefficient (Wildman–Crippen LogP) is 5.98. The summed E-state index contributed by atoms with van der Waals surface area (Å²) in [5, 5.41) is 4.85. The van der Waals surface area contributed by atoms with Crippen LogP contribution in [-0.4, -0.2) is 12.2 Å². The maximum atomic E-state index is 5.51. The smallest absolute Gasteiger partial charge is 0.106 e. The summed E-state index contributed by atoms with van der Waals surface area (Å²) in [6.45, 7) is 8.98. The molecule has 0 saturated heterocycles. The second-order valence-corrected chi connectivity index (χ2v) is 5.67. The minimum absolute atomic E-state index is 0.169. The topological polar surface area (TPSA) is 27.7 Å². The Morgan fingerprint density at radius 2 is 1.25 bits per heavy atom. The van der Waals surface area contributed by atoms with Crippen LogP contribution in [0.15, 0.2) is 0 Å². The molecule has 0 unspecified atom stereocenters. The molecule has 0 bridgehead atoms. The van der Waals surface area contributed by atoms with E-state index < -0.39 is 0 Å². The van der Waals surface area contributed by atoms with E-state index in [1.807, 2.05) is 6.92 Å². The van der Waals surface area contributed by atoms with Crippen LogP contribution in [0.25, 0.3) is 0 Å². The van der Waals surface area contributed by atoms with Gasteiger partial charge in [0.25, 0.3) is 0 Å². The van der Waals surface area contributed by atoms with Crippen LogP contribution >= 0.6 is 0 Å². The highest BCUT2D eigenvalue weighted by Crippen LogP contribution is 2.28. The zero-order valence-electron chi connectivity index (χ0n) is 14.2. The highest BCUT2D eigenvalue weighted by atomic mass is 17.5. The highest BCUT2D eigenvalue weighted by Gasteiger charge is 2.28. The number of rotatable bonds is 15. The van der Waals surface area contributed by atoms with Crippen molar-refractivity contribution in [2.45, 2.75) is 104 Å². The van der Waals surface area contributed by atoms with E-state index in [9.17, 15) is 0 Å². The van der Waals surface area contributed by atoms with Gasteiger partial charge >= 0.3 is 0 Å². The van der Waals surface area contributed by atoms with Crippen LogP contribution in [0.4, 0.5) is 0 Å². The van der Waals surface area contributed by atoms with E-state index in [1.54, 1.807) is 0 Å². The Bertz CT molecular complexity index is 191. The summed E-state index contributed by atoms with van der Waals surface area (Å²) in [5.74, 6) is 0. The molecule has 122 valence electrons. The molecular formula is C17H36O3. The van der Waals surface area contributed by atoms with Crippen LogP contribution in [0.5, 0.6) is 0 Å². The average Bonchev–Trinajstić information content (AvgIpc) is 2.48. The molecule has 0 radical (unpaired) electrons. The van der Waals surface area contributed by atoms with Gasteiger partial charge in [0.1, 0.15) is 5.60 Å². The van der Waals surface area contributed by atoms with Crippen LogP contribution in [0, 0.1) is 0 Å². The lowest BCUT2D eigenvalue weighted by atomic mass is 9.90. The summed E-state index contributed by atoms with van der Waals surface area (Å²) < 4.78 is 0. The molecule has 0 spiro atoms. The maximum absolute atomic E-state index is 5.51. The van der Waals surface area contributed by atoms with Crippen LogP contribution in [-0.2, 0) is 14.8 Å². The first-order valence-electron chi connectivity index (χ1n) is 8.72. The van der Waals surface area contributed by atoms with E-state index in [0.29, 0.717) is 6.61 Å². The quantitative estimate of drug-likeness (QED) is 0.211. The van der Waals surface area contributed by atoms with Crippen molar-refractivity contribution in [1.29, 1.82) is 0 Å². The Labute approximate surface area is 126 Å². The standard InChI is InChI=1S/C17H36O3/c1-5-9-10-11-12-13-14-15-16-17(6-2,7-3)19-20-18-8-4/h5-16H2,1-4H3. The van der Waals surface area contributed by atoms with Gasteiger partial charge in [0.15, 0.2) is 0 Å². The molecule has 0 atom stereocenters. The first kappa shape index (κ1) is 19.9. The van der Waals surface area contributed by atoms with Gasteiger partial charge in [-0.2, -0.15) is 4.89 Å². The van der Waals surface area contributed by atoms with Gasteiger partial charge in [-0.15, -0.1) is 0 Å². The summed E-state index contributed by atoms with van der Waals surface area (Å²) in [7, 11) is 0. The second kappa shape index (κ2) is 13.8. The molecule has 0 amide bonds. The number of unbranched alkanes of at least 4 members (excludes halogenated alkanes) is 7. The van der Waals surface area contributed by atoms with Gasteiger partial charge < -0.3 is 0 Å². The molecule has 3 heteroatoms. The Balaban J connectivity index is 3.69. The maximum Gasteiger partial charge on any atom is 0.106 e. The molecule has 0 aromatic carbocycles. The Morgan fingerprint density at radius 1 is 0.700 bits per heavy atom. The summed E-state index contributed by atoms with van der Waals surface area (Å²) in [6, 6.07) is 0. The fourth-order valence-electron chi connectivity index (χ4n) is 2.49. The van der Waals surface area contributed by atoms with Gasteiger partial charge in [0, 0.05) is 0 Å². The molecular weight excluding hydrogens is 252 g/mol. The van der Waals surface area contributed by atoms with Gasteiger partial charge in [0.2, 0.25) is 0 Å². The van der Waals surface area contributed by atoms with Crippen molar-refractivity contribution in [3.05, 3.63) is 0 Å². The number of hydrogen-bond acceptors (Lipinski definition) is 3. The second-order valence-electron chi connectivity index (χ2n) is 5.67. The fourth-order valence-corrected chi connectivity index (χ4v) is 2.49. The zero-order chi connectivity index (χ0) is 15.1. The van der Waals surface area contributed by atoms with E-state index in [0.717, 1.165) is 19.3 Å². The molecule has 0 aromatic rings. The molecule has 0 aliphatic heterocycles. The van der Waals surface area contributed by atoms with Crippen molar-refractivity contribution in [1.82, 2.24) is 0 Å². The third-order valence-corrected chi connectivity index (χ3v) is 4.15. The van der Waals surface area contributed by atoms with E-state index >= 15 is 0 Å². The molecule has 20 heavy (non-hydrogen) atoms. The van der Waals surface area contributed by atoms with E-state index in [2.05, 4.69) is 20.8 Å². The van der Waals surface area contributed by atoms with Crippen molar-refractivity contribution in [2.24, 2.45) is 0 Å². The molecule has 0 saturated carbocycles. The third-order valence-electron chi connectivity index (χ3n) is 4.15. The van der Waals surface area contributed by atoms with Gasteiger partial charge in [-0.25, -0.2) is 4.89 Å². The van der Waals surface area contributed by atoms with Crippen molar-refractivity contribution in [2.75, 3.05) is 6.61 Å². The summed E-state index contributed by atoms with van der Waals surface area (Å²) in [6.07, 6.45) is 13.7. The molecule has 0 rings (SSSR count). The Morgan fingerprint density at radius 3 is 1.75 bits per heavy atom. The van der Waals surface area contributed by atoms with Crippen molar-refractivity contribution in [3.63, 3.8) is 0 Å². The molecule has 0 fully saturated rings. The molecule has 0 aromatic heterocycles. The summed E-state index contributed by atoms with van der Waals surface area (Å²) in [5.41, 5.74) is -0.169. The SMILES string of the molecule is CCCCCCCCCCC(CC)(CC)OOOCC. The predicted molar refractivity (Wildman–Crippen MR) is 84.3 cm³/mol. The largest absolute Gasteiger partial charge is 0.206 e. The van der Waals surface area contributed by atoms with Crippen molar-refractivity contribution >= 4 is 0 Å². The van der Waals surface area contributed by atoms with E-state index in [4.69, 9.17) is 14.8 Å². The molecule has 0 aliphatic carbocycles. The van der Waals surface area contributed by atoms with Gasteiger partial charge in [0.05, 0.1) is 6.61 Å². The van der Waals surface area contributed by atoms with Gasteiger partial charge in [-0.3, -0.25) is 0 Å². The fraction of sp³-hybridized carbons (Fsp3) is 1.00. The number of hydrogen-bond donors (Lipinski definition) is 0. The lowest BCUT2D eigenvalue weighted by Crippen LogP contribution is -2.31. The minimum Gasteiger partial charge on any atom is -0.206 e. The van der Waals surface area contributed by atoms with Crippen LogP contribution in [0.1, 0.15) is 98.3 Å². The third kappa shape index (κ3) is 9.73. The molecule has 3 nitrogen and oxygen atoms in total. The Hall–Kier alpha value is -0.120. The monoisotopic (exact) mass is 288 g/mol. The lowest BCUT2D eigenvalue weighted by Gasteiger charge is -2.29. The first-order chi connectivity index (χ1) is 9.74. The average molecular weight is 288 g/mol. The molecule has 0 aliphatic rings. The van der Waals surface area contributed by atoms with Gasteiger partial charge in [-0.05, 0) is 26.2 Å². The van der Waals surface area contributed by atoms with Crippen LogP contribution < -0.4 is 0 Å². The zero-order valence-corrected chi connectivity index (χ0v) is 14.2. The summed E-state index contributed by atoms with van der Waals surface area (Å²) >= 11 is 0. The molecule has 0 N–H and O–H groups in total. The Kier molecular flexibility index (Phi) is 13.8. The lowest BCUT2D eigenvalue weighted by molar-refractivity contribution is -0.544. The first-order valence-corrected chi connectivity index (χ1v) is 8.72.